The fraction of sp³-hybridized carbons (Fsp3) is 0.571. The largest absolute Gasteiger partial charge is 0.399 e. The number of anilines is 3. The number of ether oxygens (including phenoxy) is 1. The fourth-order valence-corrected chi connectivity index (χ4v) is 2.78. The fourth-order valence-electron chi connectivity index (χ4n) is 2.78. The SMILES string of the molecule is Nc1cc(N2CCOCC2)cc(N2CC[C@@H](O)C2)c1. The lowest BCUT2D eigenvalue weighted by Gasteiger charge is -2.30. The molecule has 3 N–H and O–H groups in total. The molecule has 0 amide bonds. The van der Waals surface area contributed by atoms with Crippen LogP contribution in [0.25, 0.3) is 0 Å². The van der Waals surface area contributed by atoms with Crippen LogP contribution in [0.1, 0.15) is 6.42 Å². The molecule has 0 aromatic heterocycles. The molecule has 5 nitrogen and oxygen atoms in total. The van der Waals surface area contributed by atoms with E-state index >= 15 is 0 Å². The maximum atomic E-state index is 9.65. The quantitative estimate of drug-likeness (QED) is 0.768. The number of aliphatic hydroxyl groups is 1. The van der Waals surface area contributed by atoms with Gasteiger partial charge in [0.05, 0.1) is 19.3 Å². The predicted octanol–water partition coefficient (Wildman–Crippen LogP) is 0.676. The van der Waals surface area contributed by atoms with Crippen LogP contribution in [0, 0.1) is 0 Å². The molecule has 0 saturated carbocycles. The summed E-state index contributed by atoms with van der Waals surface area (Å²) >= 11 is 0. The molecule has 1 atom stereocenters. The molecule has 0 spiro atoms. The Labute approximate surface area is 113 Å². The van der Waals surface area contributed by atoms with Crippen molar-refractivity contribution in [3.8, 4) is 0 Å². The van der Waals surface area contributed by atoms with Crippen LogP contribution in [0.5, 0.6) is 0 Å². The number of nitrogen functional groups attached to an aromatic ring is 1. The molecule has 0 unspecified atom stereocenters. The van der Waals surface area contributed by atoms with Gasteiger partial charge < -0.3 is 25.4 Å². The van der Waals surface area contributed by atoms with Crippen LogP contribution in [0.4, 0.5) is 17.1 Å². The van der Waals surface area contributed by atoms with Gasteiger partial charge in [0, 0.05) is 43.2 Å². The van der Waals surface area contributed by atoms with E-state index in [9.17, 15) is 5.11 Å². The first kappa shape index (κ1) is 12.6. The average molecular weight is 263 g/mol. The smallest absolute Gasteiger partial charge is 0.0731 e. The summed E-state index contributed by atoms with van der Waals surface area (Å²) in [4.78, 5) is 4.50. The number of morpholine rings is 1. The molecule has 2 aliphatic rings. The molecule has 2 saturated heterocycles. The van der Waals surface area contributed by atoms with Gasteiger partial charge in [-0.05, 0) is 24.6 Å². The van der Waals surface area contributed by atoms with Crippen molar-refractivity contribution in [2.75, 3.05) is 54.9 Å². The van der Waals surface area contributed by atoms with Crippen molar-refractivity contribution in [1.82, 2.24) is 0 Å². The van der Waals surface area contributed by atoms with Crippen LogP contribution < -0.4 is 15.5 Å². The van der Waals surface area contributed by atoms with Gasteiger partial charge in [-0.2, -0.15) is 0 Å². The third kappa shape index (κ3) is 2.77. The Morgan fingerprint density at radius 2 is 1.74 bits per heavy atom. The van der Waals surface area contributed by atoms with Crippen LogP contribution >= 0.6 is 0 Å². The minimum Gasteiger partial charge on any atom is -0.399 e. The first-order valence-electron chi connectivity index (χ1n) is 6.88. The van der Waals surface area contributed by atoms with Crippen molar-refractivity contribution in [3.63, 3.8) is 0 Å². The summed E-state index contributed by atoms with van der Waals surface area (Å²) < 4.78 is 5.38. The van der Waals surface area contributed by atoms with Crippen LogP contribution in [-0.2, 0) is 4.74 Å². The molecule has 1 aromatic rings. The van der Waals surface area contributed by atoms with Crippen LogP contribution in [0.2, 0.25) is 0 Å². The van der Waals surface area contributed by atoms with Crippen molar-refractivity contribution < 1.29 is 9.84 Å². The standard InChI is InChI=1S/C14H21N3O2/c15-11-7-12(16-3-5-19-6-4-16)9-13(8-11)17-2-1-14(18)10-17/h7-9,14,18H,1-6,10,15H2/t14-/m1/s1. The number of nitrogens with two attached hydrogens (primary N) is 1. The van der Waals surface area contributed by atoms with E-state index in [0.717, 1.165) is 56.3 Å². The summed E-state index contributed by atoms with van der Waals surface area (Å²) in [6.45, 7) is 4.95. The number of hydrogen-bond acceptors (Lipinski definition) is 5. The average Bonchev–Trinajstić information content (AvgIpc) is 2.86. The molecular formula is C14H21N3O2. The highest BCUT2D eigenvalue weighted by atomic mass is 16.5. The predicted molar refractivity (Wildman–Crippen MR) is 76.7 cm³/mol. The summed E-state index contributed by atoms with van der Waals surface area (Å²) in [6, 6.07) is 6.17. The van der Waals surface area contributed by atoms with Gasteiger partial charge in [-0.15, -0.1) is 0 Å². The second kappa shape index (κ2) is 5.27. The Morgan fingerprint density at radius 3 is 2.37 bits per heavy atom. The van der Waals surface area contributed by atoms with Gasteiger partial charge in [0.25, 0.3) is 0 Å². The summed E-state index contributed by atoms with van der Waals surface area (Å²) in [5, 5.41) is 9.65. The number of rotatable bonds is 2. The highest BCUT2D eigenvalue weighted by Crippen LogP contribution is 2.29. The molecule has 2 heterocycles. The van der Waals surface area contributed by atoms with Gasteiger partial charge in [-0.25, -0.2) is 0 Å². The highest BCUT2D eigenvalue weighted by molar-refractivity contribution is 5.68. The third-order valence-electron chi connectivity index (χ3n) is 3.83. The summed E-state index contributed by atoms with van der Waals surface area (Å²) in [5.74, 6) is 0. The first-order chi connectivity index (χ1) is 9.22. The summed E-state index contributed by atoms with van der Waals surface area (Å²) in [7, 11) is 0. The number of benzene rings is 1. The van der Waals surface area contributed by atoms with E-state index in [4.69, 9.17) is 10.5 Å². The lowest BCUT2D eigenvalue weighted by atomic mass is 10.2. The zero-order chi connectivity index (χ0) is 13.2. The van der Waals surface area contributed by atoms with Gasteiger partial charge >= 0.3 is 0 Å². The molecule has 19 heavy (non-hydrogen) atoms. The van der Waals surface area contributed by atoms with Gasteiger partial charge in [-0.1, -0.05) is 0 Å². The van der Waals surface area contributed by atoms with E-state index in [2.05, 4.69) is 15.9 Å². The van der Waals surface area contributed by atoms with Crippen molar-refractivity contribution in [2.24, 2.45) is 0 Å². The maximum absolute atomic E-state index is 9.65. The Kier molecular flexibility index (Phi) is 3.48. The number of aliphatic hydroxyl groups excluding tert-OH is 1. The van der Waals surface area contributed by atoms with Gasteiger partial charge in [-0.3, -0.25) is 0 Å². The first-order valence-corrected chi connectivity index (χ1v) is 6.88. The molecule has 2 aliphatic heterocycles. The monoisotopic (exact) mass is 263 g/mol. The minimum atomic E-state index is -0.215. The molecule has 0 aliphatic carbocycles. The van der Waals surface area contributed by atoms with E-state index in [1.807, 2.05) is 12.1 Å². The molecule has 1 aromatic carbocycles. The van der Waals surface area contributed by atoms with Crippen LogP contribution in [0.15, 0.2) is 18.2 Å². The maximum Gasteiger partial charge on any atom is 0.0731 e. The van der Waals surface area contributed by atoms with Crippen molar-refractivity contribution in [2.45, 2.75) is 12.5 Å². The summed E-state index contributed by atoms with van der Waals surface area (Å²) in [6.07, 6.45) is 0.620. The van der Waals surface area contributed by atoms with Gasteiger partial charge in [0.15, 0.2) is 0 Å². The third-order valence-corrected chi connectivity index (χ3v) is 3.83. The van der Waals surface area contributed by atoms with Crippen molar-refractivity contribution in [1.29, 1.82) is 0 Å². The van der Waals surface area contributed by atoms with Gasteiger partial charge in [0.1, 0.15) is 0 Å². The lowest BCUT2D eigenvalue weighted by Crippen LogP contribution is -2.36. The minimum absolute atomic E-state index is 0.215. The molecule has 2 fully saturated rings. The Balaban J connectivity index is 1.83. The van der Waals surface area contributed by atoms with Crippen LogP contribution in [0.3, 0.4) is 0 Å². The zero-order valence-corrected chi connectivity index (χ0v) is 11.1. The number of hydrogen-bond donors (Lipinski definition) is 2. The van der Waals surface area contributed by atoms with Gasteiger partial charge in [0.2, 0.25) is 0 Å². The molecular weight excluding hydrogens is 242 g/mol. The molecule has 0 bridgehead atoms. The zero-order valence-electron chi connectivity index (χ0n) is 11.1. The lowest BCUT2D eigenvalue weighted by molar-refractivity contribution is 0.122. The Bertz CT molecular complexity index is 423. The summed E-state index contributed by atoms with van der Waals surface area (Å²) in [5.41, 5.74) is 9.06. The molecule has 0 radical (unpaired) electrons. The Hall–Kier alpha value is -1.46. The highest BCUT2D eigenvalue weighted by Gasteiger charge is 2.21. The molecule has 3 rings (SSSR count). The van der Waals surface area contributed by atoms with Crippen molar-refractivity contribution in [3.05, 3.63) is 18.2 Å². The van der Waals surface area contributed by atoms with Crippen molar-refractivity contribution >= 4 is 17.1 Å². The van der Waals surface area contributed by atoms with E-state index in [-0.39, 0.29) is 6.10 Å². The van der Waals surface area contributed by atoms with E-state index in [1.165, 1.54) is 0 Å². The van der Waals surface area contributed by atoms with E-state index < -0.39 is 0 Å². The Morgan fingerprint density at radius 1 is 1.05 bits per heavy atom. The van der Waals surface area contributed by atoms with E-state index in [1.54, 1.807) is 0 Å². The van der Waals surface area contributed by atoms with Crippen LogP contribution in [-0.4, -0.2) is 50.6 Å². The number of nitrogens with zero attached hydrogens (tertiary/aromatic N) is 2. The van der Waals surface area contributed by atoms with E-state index in [0.29, 0.717) is 6.54 Å². The topological polar surface area (TPSA) is 62.0 Å². The second-order valence-electron chi connectivity index (χ2n) is 5.27. The normalized spacial score (nSPS) is 23.9. The molecule has 5 heteroatoms. The number of β-amino-alcohol motifs (C(OH)–C–C–N with tert-alkyl or cyclic N) is 1. The molecule has 104 valence electrons. The second-order valence-corrected chi connectivity index (χ2v) is 5.27.